The van der Waals surface area contributed by atoms with E-state index in [0.717, 1.165) is 54.7 Å². The van der Waals surface area contributed by atoms with Crippen molar-refractivity contribution in [2.24, 2.45) is 5.92 Å². The first-order valence-electron chi connectivity index (χ1n) is 12.6. The maximum atomic E-state index is 12.4. The van der Waals surface area contributed by atoms with E-state index >= 15 is 0 Å². The molecule has 0 saturated carbocycles. The zero-order valence-electron chi connectivity index (χ0n) is 21.8. The van der Waals surface area contributed by atoms with E-state index in [1.165, 1.54) is 0 Å². The van der Waals surface area contributed by atoms with E-state index in [1.807, 2.05) is 11.3 Å². The van der Waals surface area contributed by atoms with Crippen LogP contribution in [-0.2, 0) is 19.6 Å². The summed E-state index contributed by atoms with van der Waals surface area (Å²) in [5.74, 6) is 0.970. The number of nitrogens with one attached hydrogen (secondary N) is 3. The van der Waals surface area contributed by atoms with Crippen LogP contribution in [0.3, 0.4) is 0 Å². The van der Waals surface area contributed by atoms with Gasteiger partial charge in [-0.1, -0.05) is 13.8 Å². The molecule has 0 radical (unpaired) electrons. The Morgan fingerprint density at radius 1 is 1.14 bits per heavy atom. The zero-order chi connectivity index (χ0) is 26.6. The number of aromatic nitrogens is 4. The van der Waals surface area contributed by atoms with Crippen LogP contribution >= 0.6 is 0 Å². The number of sulfonamides is 1. The highest BCUT2D eigenvalue weighted by Gasteiger charge is 2.25. The summed E-state index contributed by atoms with van der Waals surface area (Å²) in [7, 11) is -3.47. The van der Waals surface area contributed by atoms with Gasteiger partial charge in [-0.25, -0.2) is 18.1 Å². The van der Waals surface area contributed by atoms with Crippen LogP contribution in [0.2, 0.25) is 0 Å². The van der Waals surface area contributed by atoms with Crippen molar-refractivity contribution in [2.45, 2.75) is 39.7 Å². The Morgan fingerprint density at radius 2 is 1.86 bits per heavy atom. The summed E-state index contributed by atoms with van der Waals surface area (Å²) in [6, 6.07) is 5.47. The lowest BCUT2D eigenvalue weighted by Crippen LogP contribution is -2.49. The molecule has 0 unspecified atom stereocenters. The van der Waals surface area contributed by atoms with Crippen LogP contribution in [0.5, 0.6) is 0 Å². The number of fused-ring (bicyclic) bond motifs is 3. The number of morpholine rings is 1. The fourth-order valence-corrected chi connectivity index (χ4v) is 5.24. The van der Waals surface area contributed by atoms with E-state index in [0.29, 0.717) is 37.8 Å². The number of ether oxygens (including phenoxy) is 1. The largest absolute Gasteiger partial charge is 0.378 e. The minimum Gasteiger partial charge on any atom is -0.378 e. The number of anilines is 2. The summed E-state index contributed by atoms with van der Waals surface area (Å²) in [6.07, 6.45) is 2.55. The number of benzene rings is 1. The number of unbranched alkanes of at least 4 members (excludes halogenated alkanes) is 1. The number of nitrogens with zero attached hydrogens (tertiary/aromatic N) is 5. The molecule has 4 rings (SSSR count). The molecule has 0 aliphatic carbocycles. The molecule has 0 bridgehead atoms. The Hall–Kier alpha value is -3.03. The molecule has 12 nitrogen and oxygen atoms in total. The fourth-order valence-electron chi connectivity index (χ4n) is 4.40. The number of amides is 1. The molecular weight excluding hydrogens is 496 g/mol. The van der Waals surface area contributed by atoms with Gasteiger partial charge in [-0.3, -0.25) is 9.20 Å². The summed E-state index contributed by atoms with van der Waals surface area (Å²) < 4.78 is 33.0. The van der Waals surface area contributed by atoms with Crippen LogP contribution in [0.15, 0.2) is 18.2 Å². The van der Waals surface area contributed by atoms with Crippen molar-refractivity contribution in [1.82, 2.24) is 29.6 Å². The lowest BCUT2D eigenvalue weighted by molar-refractivity contribution is -0.123. The maximum absolute atomic E-state index is 12.4. The van der Waals surface area contributed by atoms with E-state index in [1.54, 1.807) is 13.8 Å². The number of rotatable bonds is 11. The summed E-state index contributed by atoms with van der Waals surface area (Å²) in [4.78, 5) is 19.6. The molecule has 1 atom stereocenters. The maximum Gasteiger partial charge on any atom is 0.238 e. The highest BCUT2D eigenvalue weighted by molar-refractivity contribution is 7.88. The first-order valence-corrected chi connectivity index (χ1v) is 14.5. The first-order chi connectivity index (χ1) is 17.6. The lowest BCUT2D eigenvalue weighted by Gasteiger charge is -2.29. The van der Waals surface area contributed by atoms with E-state index in [-0.39, 0.29) is 11.8 Å². The van der Waals surface area contributed by atoms with Gasteiger partial charge in [0.05, 0.1) is 30.5 Å². The molecule has 1 aliphatic heterocycles. The summed E-state index contributed by atoms with van der Waals surface area (Å²) >= 11 is 0. The van der Waals surface area contributed by atoms with Gasteiger partial charge in [-0.2, -0.15) is 0 Å². The third kappa shape index (κ3) is 6.65. The molecule has 37 heavy (non-hydrogen) atoms. The van der Waals surface area contributed by atoms with Crippen LogP contribution in [0.25, 0.3) is 16.7 Å². The minimum absolute atomic E-state index is 0.159. The summed E-state index contributed by atoms with van der Waals surface area (Å²) in [6.45, 7) is 9.75. The van der Waals surface area contributed by atoms with Crippen molar-refractivity contribution in [3.05, 3.63) is 24.0 Å². The third-order valence-corrected chi connectivity index (χ3v) is 7.01. The van der Waals surface area contributed by atoms with Gasteiger partial charge in [0.25, 0.3) is 0 Å². The predicted molar refractivity (Wildman–Crippen MR) is 143 cm³/mol. The Balaban J connectivity index is 1.38. The predicted octanol–water partition coefficient (Wildman–Crippen LogP) is 1.30. The quantitative estimate of drug-likeness (QED) is 0.311. The molecule has 2 aromatic heterocycles. The Bertz CT molecular complexity index is 1350. The van der Waals surface area contributed by atoms with Crippen molar-refractivity contribution in [3.8, 4) is 0 Å². The molecule has 1 amide bonds. The van der Waals surface area contributed by atoms with Gasteiger partial charge >= 0.3 is 0 Å². The number of aryl methyl sites for hydroxylation is 1. The molecule has 202 valence electrons. The Labute approximate surface area is 217 Å². The molecule has 3 heterocycles. The highest BCUT2D eigenvalue weighted by Crippen LogP contribution is 2.26. The zero-order valence-corrected chi connectivity index (χ0v) is 22.6. The van der Waals surface area contributed by atoms with Crippen molar-refractivity contribution >= 4 is 44.1 Å². The van der Waals surface area contributed by atoms with E-state index < -0.39 is 16.1 Å². The Morgan fingerprint density at radius 3 is 2.57 bits per heavy atom. The van der Waals surface area contributed by atoms with Crippen LogP contribution < -0.4 is 20.3 Å². The molecule has 3 aromatic rings. The van der Waals surface area contributed by atoms with Crippen molar-refractivity contribution in [2.75, 3.05) is 55.9 Å². The monoisotopic (exact) mass is 532 g/mol. The second-order valence-corrected chi connectivity index (χ2v) is 11.5. The van der Waals surface area contributed by atoms with Crippen molar-refractivity contribution in [3.63, 3.8) is 0 Å². The van der Waals surface area contributed by atoms with E-state index in [4.69, 9.17) is 9.72 Å². The molecule has 13 heteroatoms. The standard InChI is InChI=1S/C24H36N8O4S/c1-16(2)21(30-37(4,34)35)24(33)26-10-6-5-9-25-22-23-29-28-17(3)32(23)20-8-7-18(15-19(20)27-22)31-11-13-36-14-12-31/h7-8,15-16,21,30H,5-6,9-14H2,1-4H3,(H,25,27)(H,26,33)/t21-/m0/s1. The topological polar surface area (TPSA) is 143 Å². The third-order valence-electron chi connectivity index (χ3n) is 6.33. The molecule has 3 N–H and O–H groups in total. The van der Waals surface area contributed by atoms with Gasteiger partial charge in [-0.15, -0.1) is 10.2 Å². The molecule has 1 saturated heterocycles. The summed E-state index contributed by atoms with van der Waals surface area (Å²) in [5, 5.41) is 14.8. The number of hydrogen-bond donors (Lipinski definition) is 3. The average Bonchev–Trinajstić information content (AvgIpc) is 3.26. The number of hydrogen-bond acceptors (Lipinski definition) is 9. The van der Waals surface area contributed by atoms with Gasteiger partial charge in [-0.05, 0) is 43.9 Å². The number of carbonyl (C=O) groups excluding carboxylic acids is 1. The molecule has 1 aromatic carbocycles. The van der Waals surface area contributed by atoms with E-state index in [9.17, 15) is 13.2 Å². The molecular formula is C24H36N8O4S. The van der Waals surface area contributed by atoms with Crippen LogP contribution in [0, 0.1) is 12.8 Å². The number of carbonyl (C=O) groups is 1. The van der Waals surface area contributed by atoms with Crippen LogP contribution in [0.4, 0.5) is 11.5 Å². The second kappa shape index (κ2) is 11.6. The molecule has 0 spiro atoms. The van der Waals surface area contributed by atoms with Crippen molar-refractivity contribution < 1.29 is 17.9 Å². The van der Waals surface area contributed by atoms with Gasteiger partial charge in [0.1, 0.15) is 11.9 Å². The normalized spacial score (nSPS) is 15.4. The summed E-state index contributed by atoms with van der Waals surface area (Å²) in [5.41, 5.74) is 3.58. The van der Waals surface area contributed by atoms with Crippen molar-refractivity contribution in [1.29, 1.82) is 0 Å². The molecule has 1 fully saturated rings. The van der Waals surface area contributed by atoms with Crippen LogP contribution in [-0.4, -0.2) is 85.6 Å². The smallest absolute Gasteiger partial charge is 0.238 e. The van der Waals surface area contributed by atoms with Gasteiger partial charge < -0.3 is 20.3 Å². The second-order valence-electron chi connectivity index (χ2n) is 9.68. The van der Waals surface area contributed by atoms with E-state index in [2.05, 4.69) is 48.7 Å². The van der Waals surface area contributed by atoms with Crippen LogP contribution in [0.1, 0.15) is 32.5 Å². The van der Waals surface area contributed by atoms with Gasteiger partial charge in [0, 0.05) is 31.9 Å². The Kier molecular flexibility index (Phi) is 8.45. The van der Waals surface area contributed by atoms with Gasteiger partial charge in [0.15, 0.2) is 5.82 Å². The fraction of sp³-hybridized carbons (Fsp3) is 0.583. The lowest BCUT2D eigenvalue weighted by atomic mass is 10.1. The SMILES string of the molecule is Cc1nnc2c(NCCCCNC(=O)[C@@H](NS(C)(=O)=O)C(C)C)nc3cc(N4CCOCC4)ccc3n12. The first kappa shape index (κ1) is 27.0. The average molecular weight is 533 g/mol. The highest BCUT2D eigenvalue weighted by atomic mass is 32.2. The van der Waals surface area contributed by atoms with Gasteiger partial charge in [0.2, 0.25) is 21.6 Å². The minimum atomic E-state index is -3.47. The molecule has 1 aliphatic rings.